The summed E-state index contributed by atoms with van der Waals surface area (Å²) in [4.78, 5) is 12.3. The number of hydrogen-bond donors (Lipinski definition) is 1. The van der Waals surface area contributed by atoms with E-state index in [9.17, 15) is 4.79 Å². The highest BCUT2D eigenvalue weighted by Crippen LogP contribution is 2.39. The minimum atomic E-state index is 0.000278. The topological polar surface area (TPSA) is 51.3 Å². The predicted molar refractivity (Wildman–Crippen MR) is 77.1 cm³/mol. The fourth-order valence-electron chi connectivity index (χ4n) is 3.29. The second kappa shape index (κ2) is 4.45. The average molecular weight is 272 g/mol. The van der Waals surface area contributed by atoms with Gasteiger partial charge < -0.3 is 9.88 Å². The summed E-state index contributed by atoms with van der Waals surface area (Å²) in [6.45, 7) is 4.04. The molecule has 1 saturated carbocycles. The van der Waals surface area contributed by atoms with Crippen molar-refractivity contribution in [2.45, 2.75) is 51.1 Å². The first kappa shape index (κ1) is 12.1. The van der Waals surface area contributed by atoms with E-state index in [1.165, 1.54) is 19.3 Å². The maximum Gasteiger partial charge on any atom is 0.274 e. The number of fused-ring (bicyclic) bond motifs is 1. The second-order valence-electron chi connectivity index (χ2n) is 5.91. The van der Waals surface area contributed by atoms with Gasteiger partial charge in [-0.3, -0.25) is 4.79 Å². The molecule has 20 heavy (non-hydrogen) atoms. The molecule has 1 aliphatic heterocycles. The van der Waals surface area contributed by atoms with E-state index in [2.05, 4.69) is 28.0 Å². The van der Waals surface area contributed by atoms with Gasteiger partial charge in [-0.25, -0.2) is 0 Å². The van der Waals surface area contributed by atoms with Crippen LogP contribution in [0.1, 0.15) is 56.0 Å². The van der Waals surface area contributed by atoms with Crippen LogP contribution in [-0.4, -0.2) is 20.7 Å². The van der Waals surface area contributed by atoms with Gasteiger partial charge in [-0.2, -0.15) is 9.61 Å². The standard InChI is InChI=1S/C15H20N4O/c1-2-18-13(11-4-3-7-16-11)9-15(20)19-14(18)8-12(17-19)10-5-6-10/h8-11,16H,2-7H2,1H3. The molecule has 3 heterocycles. The van der Waals surface area contributed by atoms with Crippen molar-refractivity contribution in [2.24, 2.45) is 0 Å². The Balaban J connectivity index is 1.93. The Morgan fingerprint density at radius 3 is 2.85 bits per heavy atom. The first-order valence-corrected chi connectivity index (χ1v) is 7.64. The molecule has 0 aromatic carbocycles. The molecule has 106 valence electrons. The summed E-state index contributed by atoms with van der Waals surface area (Å²) in [6.07, 6.45) is 4.71. The molecule has 0 bridgehead atoms. The van der Waals surface area contributed by atoms with E-state index in [0.29, 0.717) is 12.0 Å². The van der Waals surface area contributed by atoms with Crippen molar-refractivity contribution < 1.29 is 0 Å². The van der Waals surface area contributed by atoms with Crippen molar-refractivity contribution in [3.8, 4) is 0 Å². The molecule has 2 aromatic heterocycles. The maximum atomic E-state index is 12.3. The van der Waals surface area contributed by atoms with Crippen LogP contribution in [0.4, 0.5) is 0 Å². The van der Waals surface area contributed by atoms with Crippen LogP contribution >= 0.6 is 0 Å². The van der Waals surface area contributed by atoms with Gasteiger partial charge in [0.1, 0.15) is 5.65 Å². The van der Waals surface area contributed by atoms with Gasteiger partial charge in [0.05, 0.1) is 5.69 Å². The van der Waals surface area contributed by atoms with Crippen molar-refractivity contribution in [1.29, 1.82) is 0 Å². The van der Waals surface area contributed by atoms with E-state index in [1.54, 1.807) is 10.6 Å². The van der Waals surface area contributed by atoms with Crippen LogP contribution in [-0.2, 0) is 6.54 Å². The van der Waals surface area contributed by atoms with Gasteiger partial charge in [-0.1, -0.05) is 0 Å². The highest BCUT2D eigenvalue weighted by atomic mass is 16.1. The Bertz CT molecular complexity index is 704. The maximum absolute atomic E-state index is 12.3. The number of rotatable bonds is 3. The van der Waals surface area contributed by atoms with Crippen LogP contribution in [0.3, 0.4) is 0 Å². The highest BCUT2D eigenvalue weighted by molar-refractivity contribution is 5.44. The van der Waals surface area contributed by atoms with Crippen molar-refractivity contribution in [3.05, 3.63) is 33.9 Å². The van der Waals surface area contributed by atoms with Gasteiger partial charge in [0.25, 0.3) is 5.56 Å². The molecule has 1 aliphatic carbocycles. The van der Waals surface area contributed by atoms with E-state index in [0.717, 1.165) is 36.5 Å². The minimum absolute atomic E-state index is 0.000278. The van der Waals surface area contributed by atoms with Crippen molar-refractivity contribution in [1.82, 2.24) is 19.5 Å². The smallest absolute Gasteiger partial charge is 0.274 e. The Morgan fingerprint density at radius 1 is 1.35 bits per heavy atom. The molecule has 0 amide bonds. The molecular formula is C15H20N4O. The third kappa shape index (κ3) is 1.80. The Morgan fingerprint density at radius 2 is 2.20 bits per heavy atom. The van der Waals surface area contributed by atoms with Gasteiger partial charge in [0, 0.05) is 36.3 Å². The van der Waals surface area contributed by atoms with Crippen molar-refractivity contribution >= 4 is 5.65 Å². The number of aryl methyl sites for hydroxylation is 1. The molecule has 2 aromatic rings. The lowest BCUT2D eigenvalue weighted by molar-refractivity contribution is 0.567. The van der Waals surface area contributed by atoms with Gasteiger partial charge in [-0.05, 0) is 39.2 Å². The number of aromatic nitrogens is 3. The molecular weight excluding hydrogens is 252 g/mol. The summed E-state index contributed by atoms with van der Waals surface area (Å²) < 4.78 is 3.82. The molecule has 0 spiro atoms. The first-order chi connectivity index (χ1) is 9.78. The molecule has 5 heteroatoms. The van der Waals surface area contributed by atoms with Crippen LogP contribution in [0, 0.1) is 0 Å². The van der Waals surface area contributed by atoms with E-state index >= 15 is 0 Å². The van der Waals surface area contributed by atoms with Gasteiger partial charge in [0.15, 0.2) is 0 Å². The quantitative estimate of drug-likeness (QED) is 0.927. The van der Waals surface area contributed by atoms with Crippen LogP contribution < -0.4 is 10.9 Å². The molecule has 1 N–H and O–H groups in total. The summed E-state index contributed by atoms with van der Waals surface area (Å²) in [5.74, 6) is 0.577. The molecule has 1 saturated heterocycles. The van der Waals surface area contributed by atoms with Crippen LogP contribution in [0.15, 0.2) is 16.9 Å². The van der Waals surface area contributed by atoms with E-state index < -0.39 is 0 Å². The van der Waals surface area contributed by atoms with Gasteiger partial charge >= 0.3 is 0 Å². The van der Waals surface area contributed by atoms with Gasteiger partial charge in [0.2, 0.25) is 0 Å². The number of nitrogens with zero attached hydrogens (tertiary/aromatic N) is 3. The lowest BCUT2D eigenvalue weighted by atomic mass is 10.1. The Hall–Kier alpha value is -1.62. The van der Waals surface area contributed by atoms with E-state index in [1.807, 2.05) is 0 Å². The van der Waals surface area contributed by atoms with E-state index in [4.69, 9.17) is 0 Å². The van der Waals surface area contributed by atoms with Crippen LogP contribution in [0.25, 0.3) is 5.65 Å². The zero-order valence-corrected chi connectivity index (χ0v) is 11.8. The predicted octanol–water partition coefficient (Wildman–Crippen LogP) is 1.82. The Labute approximate surface area is 117 Å². The van der Waals surface area contributed by atoms with E-state index in [-0.39, 0.29) is 5.56 Å². The zero-order chi connectivity index (χ0) is 13.7. The van der Waals surface area contributed by atoms with Crippen LogP contribution in [0.5, 0.6) is 0 Å². The Kier molecular flexibility index (Phi) is 2.70. The summed E-state index contributed by atoms with van der Waals surface area (Å²) in [6, 6.07) is 4.19. The molecule has 1 unspecified atom stereocenters. The number of nitrogens with one attached hydrogen (secondary N) is 1. The number of hydrogen-bond acceptors (Lipinski definition) is 3. The lowest BCUT2D eigenvalue weighted by Gasteiger charge is -2.18. The van der Waals surface area contributed by atoms with Crippen molar-refractivity contribution in [2.75, 3.05) is 6.54 Å². The van der Waals surface area contributed by atoms with Crippen LogP contribution in [0.2, 0.25) is 0 Å². The summed E-state index contributed by atoms with van der Waals surface area (Å²) in [7, 11) is 0. The molecule has 5 nitrogen and oxygen atoms in total. The minimum Gasteiger partial charge on any atom is -0.328 e. The summed E-state index contributed by atoms with van der Waals surface area (Å²) in [5, 5.41) is 8.01. The summed E-state index contributed by atoms with van der Waals surface area (Å²) in [5.41, 5.74) is 3.15. The fraction of sp³-hybridized carbons (Fsp3) is 0.600. The summed E-state index contributed by atoms with van der Waals surface area (Å²) >= 11 is 0. The third-order valence-corrected chi connectivity index (χ3v) is 4.51. The largest absolute Gasteiger partial charge is 0.328 e. The average Bonchev–Trinajstić information content (AvgIpc) is 3.00. The van der Waals surface area contributed by atoms with Gasteiger partial charge in [-0.15, -0.1) is 0 Å². The SMILES string of the molecule is CCn1c(C2CCCN2)cc(=O)n2nc(C3CC3)cc12. The lowest BCUT2D eigenvalue weighted by Crippen LogP contribution is -2.25. The monoisotopic (exact) mass is 272 g/mol. The first-order valence-electron chi connectivity index (χ1n) is 7.64. The normalized spacial score (nSPS) is 22.8. The molecule has 0 radical (unpaired) electrons. The molecule has 1 atom stereocenters. The fourth-order valence-corrected chi connectivity index (χ4v) is 3.29. The molecule has 2 fully saturated rings. The third-order valence-electron chi connectivity index (χ3n) is 4.51. The van der Waals surface area contributed by atoms with Crippen molar-refractivity contribution in [3.63, 3.8) is 0 Å². The molecule has 4 rings (SSSR count). The highest BCUT2D eigenvalue weighted by Gasteiger charge is 2.28. The zero-order valence-electron chi connectivity index (χ0n) is 11.8. The second-order valence-corrected chi connectivity index (χ2v) is 5.91. The molecule has 2 aliphatic rings.